The maximum Gasteiger partial charge on any atom is 0.255 e. The van der Waals surface area contributed by atoms with Crippen LogP contribution in [0.25, 0.3) is 0 Å². The second-order valence-electron chi connectivity index (χ2n) is 4.46. The summed E-state index contributed by atoms with van der Waals surface area (Å²) in [5.41, 5.74) is 5.37. The number of methoxy groups -OCH3 is 1. The second kappa shape index (κ2) is 9.11. The van der Waals surface area contributed by atoms with Crippen molar-refractivity contribution >= 4 is 23.4 Å². The highest BCUT2D eigenvalue weighted by molar-refractivity contribution is 6.32. The van der Waals surface area contributed by atoms with E-state index in [1.807, 2.05) is 7.05 Å². The fourth-order valence-electron chi connectivity index (χ4n) is 1.70. The predicted molar refractivity (Wildman–Crippen MR) is 83.6 cm³/mol. The van der Waals surface area contributed by atoms with Crippen molar-refractivity contribution in [2.75, 3.05) is 33.9 Å². The molecule has 0 unspecified atom stereocenters. The van der Waals surface area contributed by atoms with Crippen LogP contribution in [0.1, 0.15) is 16.8 Å². The van der Waals surface area contributed by atoms with Gasteiger partial charge in [0.1, 0.15) is 0 Å². The number of ether oxygens (including phenoxy) is 2. The summed E-state index contributed by atoms with van der Waals surface area (Å²) in [5, 5.41) is 5.93. The topological polar surface area (TPSA) is 103 Å². The standard InChI is InChI=1S/C14H20ClN3O4/c1-17-4-3-5-18-14(20)9-6-10(15)13(11(7-9)21-2)22-8-12(16)19/h6-7,17H,3-5,8H2,1-2H3,(H2,16,19)(H,18,20). The molecule has 22 heavy (non-hydrogen) atoms. The summed E-state index contributed by atoms with van der Waals surface area (Å²) >= 11 is 6.08. The number of nitrogens with two attached hydrogens (primary N) is 1. The molecule has 0 saturated carbocycles. The molecular weight excluding hydrogens is 310 g/mol. The Kier molecular flexibility index (Phi) is 7.48. The van der Waals surface area contributed by atoms with Gasteiger partial charge in [0.25, 0.3) is 11.8 Å². The third-order valence-electron chi connectivity index (χ3n) is 2.74. The first-order valence-electron chi connectivity index (χ1n) is 6.71. The zero-order chi connectivity index (χ0) is 16.5. The molecular formula is C14H20ClN3O4. The number of halogens is 1. The van der Waals surface area contributed by atoms with Gasteiger partial charge in [0, 0.05) is 12.1 Å². The van der Waals surface area contributed by atoms with Gasteiger partial charge >= 0.3 is 0 Å². The summed E-state index contributed by atoms with van der Waals surface area (Å²) in [5.74, 6) is -0.467. The summed E-state index contributed by atoms with van der Waals surface area (Å²) in [6, 6.07) is 2.95. The van der Waals surface area contributed by atoms with Crippen LogP contribution in [-0.4, -0.2) is 45.7 Å². The number of carbonyl (C=O) groups is 2. The normalized spacial score (nSPS) is 10.1. The molecule has 0 saturated heterocycles. The third-order valence-corrected chi connectivity index (χ3v) is 3.02. The number of nitrogens with one attached hydrogen (secondary N) is 2. The van der Waals surface area contributed by atoms with Crippen LogP contribution in [0, 0.1) is 0 Å². The lowest BCUT2D eigenvalue weighted by atomic mass is 10.2. The first kappa shape index (κ1) is 18.1. The van der Waals surface area contributed by atoms with E-state index in [-0.39, 0.29) is 29.0 Å². The van der Waals surface area contributed by atoms with Crippen molar-refractivity contribution in [3.8, 4) is 11.5 Å². The number of carbonyl (C=O) groups excluding carboxylic acids is 2. The molecule has 1 rings (SSSR count). The lowest BCUT2D eigenvalue weighted by Crippen LogP contribution is -2.26. The summed E-state index contributed by atoms with van der Waals surface area (Å²) in [4.78, 5) is 22.8. The number of hydrogen-bond acceptors (Lipinski definition) is 5. The number of benzene rings is 1. The van der Waals surface area contributed by atoms with Crippen molar-refractivity contribution in [1.82, 2.24) is 10.6 Å². The highest BCUT2D eigenvalue weighted by Crippen LogP contribution is 2.36. The van der Waals surface area contributed by atoms with Crippen LogP contribution in [0.4, 0.5) is 0 Å². The Balaban J connectivity index is 2.83. The van der Waals surface area contributed by atoms with E-state index in [0.717, 1.165) is 13.0 Å². The molecule has 0 atom stereocenters. The molecule has 4 N–H and O–H groups in total. The van der Waals surface area contributed by atoms with Crippen LogP contribution >= 0.6 is 11.6 Å². The van der Waals surface area contributed by atoms with Crippen molar-refractivity contribution in [1.29, 1.82) is 0 Å². The van der Waals surface area contributed by atoms with E-state index in [0.29, 0.717) is 12.1 Å². The summed E-state index contributed by atoms with van der Waals surface area (Å²) < 4.78 is 10.3. The van der Waals surface area contributed by atoms with Crippen molar-refractivity contribution in [3.05, 3.63) is 22.7 Å². The minimum atomic E-state index is -0.635. The first-order chi connectivity index (χ1) is 10.5. The first-order valence-corrected chi connectivity index (χ1v) is 7.08. The fraction of sp³-hybridized carbons (Fsp3) is 0.429. The maximum atomic E-state index is 12.0. The van der Waals surface area contributed by atoms with E-state index in [9.17, 15) is 9.59 Å². The molecule has 0 aliphatic heterocycles. The monoisotopic (exact) mass is 329 g/mol. The Morgan fingerprint density at radius 3 is 2.64 bits per heavy atom. The minimum Gasteiger partial charge on any atom is -0.493 e. The Labute approximate surface area is 134 Å². The van der Waals surface area contributed by atoms with Crippen molar-refractivity contribution in [2.45, 2.75) is 6.42 Å². The van der Waals surface area contributed by atoms with Crippen LogP contribution < -0.4 is 25.8 Å². The Morgan fingerprint density at radius 1 is 1.32 bits per heavy atom. The van der Waals surface area contributed by atoms with Gasteiger partial charge in [0.15, 0.2) is 18.1 Å². The zero-order valence-electron chi connectivity index (χ0n) is 12.6. The molecule has 0 radical (unpaired) electrons. The van der Waals surface area contributed by atoms with E-state index in [1.165, 1.54) is 19.2 Å². The summed E-state index contributed by atoms with van der Waals surface area (Å²) in [7, 11) is 3.26. The van der Waals surface area contributed by atoms with Gasteiger partial charge in [-0.1, -0.05) is 11.6 Å². The van der Waals surface area contributed by atoms with Crippen LogP contribution in [0.3, 0.4) is 0 Å². The maximum absolute atomic E-state index is 12.0. The molecule has 1 aromatic rings. The Morgan fingerprint density at radius 2 is 2.05 bits per heavy atom. The average Bonchev–Trinajstić information content (AvgIpc) is 2.49. The average molecular weight is 330 g/mol. The largest absolute Gasteiger partial charge is 0.493 e. The number of primary amides is 1. The molecule has 0 fully saturated rings. The lowest BCUT2D eigenvalue weighted by Gasteiger charge is -2.13. The third kappa shape index (κ3) is 5.42. The van der Waals surface area contributed by atoms with Gasteiger partial charge in [-0.15, -0.1) is 0 Å². The molecule has 0 aromatic heterocycles. The highest BCUT2D eigenvalue weighted by Gasteiger charge is 2.16. The van der Waals surface area contributed by atoms with Crippen molar-refractivity contribution in [2.24, 2.45) is 5.73 Å². The minimum absolute atomic E-state index is 0.168. The van der Waals surface area contributed by atoms with Gasteiger partial charge in [-0.25, -0.2) is 0 Å². The van der Waals surface area contributed by atoms with Gasteiger partial charge in [-0.05, 0) is 32.1 Å². The Hall–Kier alpha value is -1.99. The molecule has 0 spiro atoms. The van der Waals surface area contributed by atoms with Gasteiger partial charge in [0.2, 0.25) is 0 Å². The van der Waals surface area contributed by atoms with E-state index in [1.54, 1.807) is 0 Å². The smallest absolute Gasteiger partial charge is 0.255 e. The molecule has 2 amide bonds. The molecule has 0 bridgehead atoms. The second-order valence-corrected chi connectivity index (χ2v) is 4.86. The predicted octanol–water partition coefficient (Wildman–Crippen LogP) is 0.552. The number of hydrogen-bond donors (Lipinski definition) is 3. The van der Waals surface area contributed by atoms with Gasteiger partial charge in [-0.3, -0.25) is 9.59 Å². The quantitative estimate of drug-likeness (QED) is 0.574. The van der Waals surface area contributed by atoms with Crippen LogP contribution in [-0.2, 0) is 4.79 Å². The molecule has 8 heteroatoms. The molecule has 122 valence electrons. The van der Waals surface area contributed by atoms with Gasteiger partial charge in [0.05, 0.1) is 12.1 Å². The van der Waals surface area contributed by atoms with Crippen LogP contribution in [0.5, 0.6) is 11.5 Å². The number of rotatable bonds is 9. The van der Waals surface area contributed by atoms with Gasteiger partial charge in [-0.2, -0.15) is 0 Å². The lowest BCUT2D eigenvalue weighted by molar-refractivity contribution is -0.119. The van der Waals surface area contributed by atoms with Crippen LogP contribution in [0.15, 0.2) is 12.1 Å². The molecule has 0 heterocycles. The Bertz CT molecular complexity index is 537. The summed E-state index contributed by atoms with van der Waals surface area (Å²) in [6.45, 7) is 1.02. The van der Waals surface area contributed by atoms with E-state index in [2.05, 4.69) is 10.6 Å². The molecule has 1 aromatic carbocycles. The van der Waals surface area contributed by atoms with Crippen LogP contribution in [0.2, 0.25) is 5.02 Å². The van der Waals surface area contributed by atoms with E-state index < -0.39 is 5.91 Å². The fourth-order valence-corrected chi connectivity index (χ4v) is 1.97. The highest BCUT2D eigenvalue weighted by atomic mass is 35.5. The van der Waals surface area contributed by atoms with Crippen molar-refractivity contribution < 1.29 is 19.1 Å². The molecule has 7 nitrogen and oxygen atoms in total. The molecule has 0 aliphatic carbocycles. The summed E-state index contributed by atoms with van der Waals surface area (Å²) in [6.07, 6.45) is 0.812. The van der Waals surface area contributed by atoms with E-state index in [4.69, 9.17) is 26.8 Å². The number of amides is 2. The zero-order valence-corrected chi connectivity index (χ0v) is 13.3. The van der Waals surface area contributed by atoms with E-state index >= 15 is 0 Å². The molecule has 0 aliphatic rings. The van der Waals surface area contributed by atoms with Gasteiger partial charge < -0.3 is 25.8 Å². The SMILES string of the molecule is CNCCCNC(=O)c1cc(Cl)c(OCC(N)=O)c(OC)c1. The van der Waals surface area contributed by atoms with Crippen molar-refractivity contribution in [3.63, 3.8) is 0 Å².